The van der Waals surface area contributed by atoms with E-state index in [-0.39, 0.29) is 0 Å². The topological polar surface area (TPSA) is 22.4 Å². The maximum atomic E-state index is 5.80. The third kappa shape index (κ3) is 3.13. The van der Waals surface area contributed by atoms with Crippen LogP contribution in [0, 0.1) is 18.8 Å². The van der Waals surface area contributed by atoms with Gasteiger partial charge >= 0.3 is 0 Å². The van der Waals surface area contributed by atoms with Crippen LogP contribution in [0.5, 0.6) is 5.75 Å². The number of ether oxygens (including phenoxy) is 1. The summed E-state index contributed by atoms with van der Waals surface area (Å²) in [7, 11) is 0. The quantitative estimate of drug-likeness (QED) is 0.508. The molecule has 0 spiro atoms. The minimum atomic E-state index is 0.358. The van der Waals surface area contributed by atoms with E-state index in [0.717, 1.165) is 27.4 Å². The van der Waals surface area contributed by atoms with E-state index in [0.29, 0.717) is 6.61 Å². The highest BCUT2D eigenvalue weighted by atomic mass is 32.2. The van der Waals surface area contributed by atoms with Gasteiger partial charge in [0.1, 0.15) is 17.9 Å². The molecule has 2 aromatic carbocycles. The molecule has 0 N–H and O–H groups in total. The zero-order chi connectivity index (χ0) is 15.4. The lowest BCUT2D eigenvalue weighted by atomic mass is 10.2. The van der Waals surface area contributed by atoms with Crippen molar-refractivity contribution >= 4 is 22.7 Å². The lowest BCUT2D eigenvalue weighted by Gasteiger charge is -2.01. The van der Waals surface area contributed by atoms with Crippen molar-refractivity contribution in [2.75, 3.05) is 12.9 Å². The first-order chi connectivity index (χ1) is 10.8. The van der Waals surface area contributed by atoms with Crippen LogP contribution in [0.25, 0.3) is 11.0 Å². The molecule has 110 valence electrons. The first-order valence-corrected chi connectivity index (χ1v) is 8.24. The minimum absolute atomic E-state index is 0.358. The largest absolute Gasteiger partial charge is 0.481 e. The Morgan fingerprint density at radius 2 is 1.86 bits per heavy atom. The summed E-state index contributed by atoms with van der Waals surface area (Å²) in [6, 6.07) is 15.9. The molecule has 0 saturated carbocycles. The van der Waals surface area contributed by atoms with Crippen LogP contribution in [0.4, 0.5) is 0 Å². The molecule has 0 fully saturated rings. The number of furan rings is 1. The van der Waals surface area contributed by atoms with E-state index < -0.39 is 0 Å². The first-order valence-electron chi connectivity index (χ1n) is 7.02. The van der Waals surface area contributed by atoms with Crippen molar-refractivity contribution in [3.63, 3.8) is 0 Å². The van der Waals surface area contributed by atoms with E-state index in [4.69, 9.17) is 9.15 Å². The Labute approximate surface area is 134 Å². The number of hydrogen-bond donors (Lipinski definition) is 0. The first kappa shape index (κ1) is 14.6. The van der Waals surface area contributed by atoms with Gasteiger partial charge in [0, 0.05) is 5.39 Å². The van der Waals surface area contributed by atoms with Gasteiger partial charge < -0.3 is 9.15 Å². The number of benzene rings is 2. The van der Waals surface area contributed by atoms with Gasteiger partial charge in [0.25, 0.3) is 0 Å². The van der Waals surface area contributed by atoms with Crippen molar-refractivity contribution in [3.05, 3.63) is 59.7 Å². The summed E-state index contributed by atoms with van der Waals surface area (Å²) in [5, 5.41) is 1.90. The predicted molar refractivity (Wildman–Crippen MR) is 91.5 cm³/mol. The summed E-state index contributed by atoms with van der Waals surface area (Å²) in [4.78, 5) is 0. The maximum Gasteiger partial charge on any atom is 0.176 e. The summed E-state index contributed by atoms with van der Waals surface area (Å²) in [5.41, 5.74) is 3.03. The lowest BCUT2D eigenvalue weighted by Crippen LogP contribution is -1.93. The molecule has 0 radical (unpaired) electrons. The zero-order valence-corrected chi connectivity index (χ0v) is 13.4. The summed E-state index contributed by atoms with van der Waals surface area (Å²) >= 11 is 1.57. The van der Waals surface area contributed by atoms with Crippen molar-refractivity contribution in [1.29, 1.82) is 0 Å². The van der Waals surface area contributed by atoms with Gasteiger partial charge in [-0.05, 0) is 37.4 Å². The molecular weight excluding hydrogens is 292 g/mol. The standard InChI is InChI=1S/C19H16O2S/c1-14-9-11-15(12-10-14)20-13-5-7-17-16-6-3-4-8-18(16)21-19(17)22-2/h3-4,6,8-12H,13H2,1-2H3. The van der Waals surface area contributed by atoms with Gasteiger partial charge in [-0.2, -0.15) is 0 Å². The zero-order valence-electron chi connectivity index (χ0n) is 12.6. The molecule has 3 rings (SSSR count). The van der Waals surface area contributed by atoms with Crippen LogP contribution in [0.3, 0.4) is 0 Å². The van der Waals surface area contributed by atoms with Crippen LogP contribution in [-0.2, 0) is 0 Å². The fraction of sp³-hybridized carbons (Fsp3) is 0.158. The predicted octanol–water partition coefficient (Wildman–Crippen LogP) is 4.89. The van der Waals surface area contributed by atoms with Crippen LogP contribution in [0.2, 0.25) is 0 Å². The van der Waals surface area contributed by atoms with Crippen LogP contribution in [0.1, 0.15) is 11.1 Å². The average Bonchev–Trinajstić information content (AvgIpc) is 2.91. The highest BCUT2D eigenvalue weighted by Crippen LogP contribution is 2.30. The van der Waals surface area contributed by atoms with E-state index in [1.54, 1.807) is 11.8 Å². The molecule has 0 aliphatic heterocycles. The summed E-state index contributed by atoms with van der Waals surface area (Å²) in [5.74, 6) is 7.09. The second-order valence-corrected chi connectivity index (χ2v) is 5.65. The van der Waals surface area contributed by atoms with E-state index in [2.05, 4.69) is 18.8 Å². The Morgan fingerprint density at radius 1 is 1.09 bits per heavy atom. The molecule has 0 aliphatic carbocycles. The molecule has 0 amide bonds. The molecule has 1 aromatic heterocycles. The Balaban J connectivity index is 1.77. The van der Waals surface area contributed by atoms with Crippen LogP contribution >= 0.6 is 11.8 Å². The average molecular weight is 308 g/mol. The summed E-state index contributed by atoms with van der Waals surface area (Å²) in [6.45, 7) is 2.41. The summed E-state index contributed by atoms with van der Waals surface area (Å²) in [6.07, 6.45) is 1.99. The molecule has 2 nitrogen and oxygen atoms in total. The van der Waals surface area contributed by atoms with Gasteiger partial charge in [-0.1, -0.05) is 53.4 Å². The normalized spacial score (nSPS) is 10.3. The maximum absolute atomic E-state index is 5.80. The molecular formula is C19H16O2S. The molecule has 3 heteroatoms. The second kappa shape index (κ2) is 6.64. The van der Waals surface area contributed by atoms with E-state index in [1.165, 1.54) is 5.56 Å². The number of fused-ring (bicyclic) bond motifs is 1. The van der Waals surface area contributed by atoms with Crippen molar-refractivity contribution in [3.8, 4) is 17.6 Å². The SMILES string of the molecule is CSc1oc2ccccc2c1C#CCOc1ccc(C)cc1. The van der Waals surface area contributed by atoms with E-state index in [1.807, 2.05) is 54.8 Å². The van der Waals surface area contributed by atoms with Crippen LogP contribution in [-0.4, -0.2) is 12.9 Å². The highest BCUT2D eigenvalue weighted by molar-refractivity contribution is 7.98. The third-order valence-corrected chi connectivity index (χ3v) is 3.95. The van der Waals surface area contributed by atoms with Crippen molar-refractivity contribution in [2.45, 2.75) is 12.0 Å². The molecule has 3 aromatic rings. The minimum Gasteiger partial charge on any atom is -0.481 e. The molecule has 0 atom stereocenters. The Kier molecular flexibility index (Phi) is 4.41. The van der Waals surface area contributed by atoms with Crippen LogP contribution in [0.15, 0.2) is 58.0 Å². The fourth-order valence-corrected chi connectivity index (χ4v) is 2.70. The Morgan fingerprint density at radius 3 is 2.64 bits per heavy atom. The van der Waals surface area contributed by atoms with Crippen molar-refractivity contribution in [2.24, 2.45) is 0 Å². The van der Waals surface area contributed by atoms with Crippen molar-refractivity contribution < 1.29 is 9.15 Å². The fourth-order valence-electron chi connectivity index (χ4n) is 2.16. The smallest absolute Gasteiger partial charge is 0.176 e. The summed E-state index contributed by atoms with van der Waals surface area (Å²) < 4.78 is 11.4. The second-order valence-electron chi connectivity index (χ2n) is 4.87. The van der Waals surface area contributed by atoms with Gasteiger partial charge in [0.05, 0.1) is 5.56 Å². The van der Waals surface area contributed by atoms with E-state index >= 15 is 0 Å². The molecule has 22 heavy (non-hydrogen) atoms. The Hall–Kier alpha value is -2.31. The number of para-hydroxylation sites is 1. The van der Waals surface area contributed by atoms with E-state index in [9.17, 15) is 0 Å². The number of rotatable bonds is 3. The lowest BCUT2D eigenvalue weighted by molar-refractivity contribution is 0.370. The van der Waals surface area contributed by atoms with Gasteiger partial charge in [-0.25, -0.2) is 0 Å². The third-order valence-electron chi connectivity index (χ3n) is 3.29. The highest BCUT2D eigenvalue weighted by Gasteiger charge is 2.10. The number of hydrogen-bond acceptors (Lipinski definition) is 3. The molecule has 0 aliphatic rings. The van der Waals surface area contributed by atoms with Crippen LogP contribution < -0.4 is 4.74 Å². The molecule has 1 heterocycles. The monoisotopic (exact) mass is 308 g/mol. The van der Waals surface area contributed by atoms with Gasteiger partial charge in [0.2, 0.25) is 0 Å². The van der Waals surface area contributed by atoms with Gasteiger partial charge in [-0.15, -0.1) is 0 Å². The van der Waals surface area contributed by atoms with Gasteiger partial charge in [-0.3, -0.25) is 0 Å². The molecule has 0 saturated heterocycles. The molecule has 0 unspecified atom stereocenters. The number of aryl methyl sites for hydroxylation is 1. The van der Waals surface area contributed by atoms with Gasteiger partial charge in [0.15, 0.2) is 5.09 Å². The number of thioether (sulfide) groups is 1. The Bertz CT molecular complexity index is 835. The molecule has 0 bridgehead atoms. The van der Waals surface area contributed by atoms with Crippen molar-refractivity contribution in [1.82, 2.24) is 0 Å².